The van der Waals surface area contributed by atoms with E-state index in [0.29, 0.717) is 24.5 Å². The number of aromatic amines is 1. The van der Waals surface area contributed by atoms with Crippen molar-refractivity contribution in [1.82, 2.24) is 9.97 Å². The van der Waals surface area contributed by atoms with E-state index in [1.54, 1.807) is 0 Å². The number of para-hydroxylation sites is 1. The summed E-state index contributed by atoms with van der Waals surface area (Å²) in [4.78, 5) is 20.7. The second-order valence-electron chi connectivity index (χ2n) is 9.93. The fourth-order valence-corrected chi connectivity index (χ4v) is 4.80. The predicted molar refractivity (Wildman–Crippen MR) is 148 cm³/mol. The number of carbonyl (C=O) groups is 1. The summed E-state index contributed by atoms with van der Waals surface area (Å²) in [6.07, 6.45) is 1.24. The maximum Gasteiger partial charge on any atom is 0.311 e. The molecular formula is C31H29ClN2O3. The molecule has 1 N–H and O–H groups in total. The zero-order chi connectivity index (χ0) is 26.0. The number of rotatable bonds is 8. The van der Waals surface area contributed by atoms with E-state index in [4.69, 9.17) is 26.1 Å². The van der Waals surface area contributed by atoms with E-state index in [1.807, 2.05) is 80.6 Å². The average molecular weight is 513 g/mol. The maximum absolute atomic E-state index is 12.4. The highest BCUT2D eigenvalue weighted by Gasteiger charge is 2.31. The van der Waals surface area contributed by atoms with Crippen molar-refractivity contribution >= 4 is 39.4 Å². The van der Waals surface area contributed by atoms with Crippen molar-refractivity contribution in [2.45, 2.75) is 33.3 Å². The van der Waals surface area contributed by atoms with Crippen LogP contribution in [0.4, 0.5) is 0 Å². The molecule has 2 aromatic heterocycles. The summed E-state index contributed by atoms with van der Waals surface area (Å²) in [6.45, 7) is 4.18. The molecule has 0 fully saturated rings. The van der Waals surface area contributed by atoms with Gasteiger partial charge in [0.25, 0.3) is 0 Å². The first-order valence-electron chi connectivity index (χ1n) is 12.3. The molecular weight excluding hydrogens is 484 g/mol. The maximum atomic E-state index is 12.4. The second-order valence-corrected chi connectivity index (χ2v) is 10.4. The van der Waals surface area contributed by atoms with Crippen molar-refractivity contribution in [3.8, 4) is 5.75 Å². The fourth-order valence-electron chi connectivity index (χ4n) is 4.68. The number of methoxy groups -OCH3 is 1. The smallest absolute Gasteiger partial charge is 0.311 e. The number of nitrogens with one attached hydrogen (secondary N) is 1. The molecule has 0 amide bonds. The van der Waals surface area contributed by atoms with Gasteiger partial charge in [-0.1, -0.05) is 48.0 Å². The molecule has 5 aromatic rings. The first-order valence-corrected chi connectivity index (χ1v) is 12.6. The lowest BCUT2D eigenvalue weighted by Gasteiger charge is -2.21. The van der Waals surface area contributed by atoms with Gasteiger partial charge in [0.1, 0.15) is 12.4 Å². The molecule has 0 unspecified atom stereocenters. The van der Waals surface area contributed by atoms with E-state index >= 15 is 0 Å². The molecule has 0 bridgehead atoms. The normalized spacial score (nSPS) is 11.7. The summed E-state index contributed by atoms with van der Waals surface area (Å²) in [5.41, 5.74) is 5.41. The summed E-state index contributed by atoms with van der Waals surface area (Å²) in [5, 5.41) is 2.91. The molecule has 0 atom stereocenters. The number of benzene rings is 3. The fraction of sp³-hybridized carbons (Fsp3) is 0.226. The molecule has 188 valence electrons. The number of esters is 1. The number of fused-ring (bicyclic) bond motifs is 2. The van der Waals surface area contributed by atoms with Gasteiger partial charge >= 0.3 is 5.97 Å². The van der Waals surface area contributed by atoms with Crippen LogP contribution < -0.4 is 4.74 Å². The molecule has 0 aliphatic heterocycles. The summed E-state index contributed by atoms with van der Waals surface area (Å²) in [6, 6.07) is 26.0. The van der Waals surface area contributed by atoms with Gasteiger partial charge in [-0.3, -0.25) is 4.79 Å². The molecule has 2 heterocycles. The average Bonchev–Trinajstić information content (AvgIpc) is 3.23. The van der Waals surface area contributed by atoms with Crippen molar-refractivity contribution in [2.75, 3.05) is 7.11 Å². The molecule has 0 radical (unpaired) electrons. The number of ether oxygens (including phenoxy) is 2. The first-order chi connectivity index (χ1) is 17.8. The zero-order valence-electron chi connectivity index (χ0n) is 21.2. The summed E-state index contributed by atoms with van der Waals surface area (Å²) in [7, 11) is 1.43. The van der Waals surface area contributed by atoms with Gasteiger partial charge < -0.3 is 14.5 Å². The molecule has 5 rings (SSSR count). The van der Waals surface area contributed by atoms with Crippen molar-refractivity contribution in [1.29, 1.82) is 0 Å². The number of hydrogen-bond acceptors (Lipinski definition) is 4. The Hall–Kier alpha value is -3.83. The Labute approximate surface area is 221 Å². The Morgan fingerprint density at radius 2 is 1.78 bits per heavy atom. The van der Waals surface area contributed by atoms with Crippen LogP contribution in [0.15, 0.2) is 78.9 Å². The highest BCUT2D eigenvalue weighted by Crippen LogP contribution is 2.33. The lowest BCUT2D eigenvalue weighted by atomic mass is 9.86. The van der Waals surface area contributed by atoms with Gasteiger partial charge in [0.2, 0.25) is 0 Å². The van der Waals surface area contributed by atoms with E-state index in [1.165, 1.54) is 7.11 Å². The number of nitrogens with zero attached hydrogens (tertiary/aromatic N) is 1. The van der Waals surface area contributed by atoms with Crippen molar-refractivity contribution < 1.29 is 14.3 Å². The minimum Gasteiger partial charge on any atom is -0.487 e. The number of pyridine rings is 1. The predicted octanol–water partition coefficient (Wildman–Crippen LogP) is 7.28. The largest absolute Gasteiger partial charge is 0.487 e. The highest BCUT2D eigenvalue weighted by molar-refractivity contribution is 6.30. The number of H-pyrrole nitrogens is 1. The minimum atomic E-state index is -0.675. The summed E-state index contributed by atoms with van der Waals surface area (Å²) in [5.74, 6) is 0.510. The molecule has 0 saturated carbocycles. The molecule has 3 aromatic carbocycles. The Kier molecular flexibility index (Phi) is 6.90. The SMILES string of the molecule is COC(=O)C(C)(C)Cc1[nH]c2cc(OCc3ccc4ccccc4n3)ccc2c1Cc1ccc(Cl)cc1. The standard InChI is InChI=1S/C31H29ClN2O3/c1-31(2,30(35)36-3)18-29-26(16-20-8-11-22(32)12-9-20)25-15-14-24(17-28(25)34-29)37-19-23-13-10-21-6-4-5-7-27(21)33-23/h4-15,17,34H,16,18-19H2,1-3H3. The van der Waals surface area contributed by atoms with Gasteiger partial charge in [-0.15, -0.1) is 0 Å². The molecule has 37 heavy (non-hydrogen) atoms. The van der Waals surface area contributed by atoms with Crippen molar-refractivity contribution in [2.24, 2.45) is 5.41 Å². The zero-order valence-corrected chi connectivity index (χ0v) is 21.9. The van der Waals surface area contributed by atoms with Gasteiger partial charge in [0.15, 0.2) is 0 Å². The third-order valence-corrected chi connectivity index (χ3v) is 6.91. The summed E-state index contributed by atoms with van der Waals surface area (Å²) < 4.78 is 11.2. The summed E-state index contributed by atoms with van der Waals surface area (Å²) >= 11 is 6.10. The van der Waals surface area contributed by atoms with Gasteiger partial charge in [-0.25, -0.2) is 4.98 Å². The van der Waals surface area contributed by atoms with Crippen molar-refractivity contribution in [3.05, 3.63) is 106 Å². The molecule has 5 nitrogen and oxygen atoms in total. The van der Waals surface area contributed by atoms with Gasteiger partial charge in [-0.05, 0) is 67.8 Å². The molecule has 6 heteroatoms. The third kappa shape index (κ3) is 5.47. The number of aromatic nitrogens is 2. The minimum absolute atomic E-state index is 0.240. The van der Waals surface area contributed by atoms with Crippen LogP contribution in [0, 0.1) is 5.41 Å². The Bertz CT molecular complexity index is 1570. The van der Waals surface area contributed by atoms with Crippen LogP contribution in [0.1, 0.15) is 36.4 Å². The van der Waals surface area contributed by atoms with Crippen LogP contribution >= 0.6 is 11.6 Å². The van der Waals surface area contributed by atoms with Crippen LogP contribution in [0.5, 0.6) is 5.75 Å². The highest BCUT2D eigenvalue weighted by atomic mass is 35.5. The number of hydrogen-bond donors (Lipinski definition) is 1. The second kappa shape index (κ2) is 10.3. The molecule has 0 aliphatic carbocycles. The quantitative estimate of drug-likeness (QED) is 0.222. The number of halogens is 1. The van der Waals surface area contributed by atoms with E-state index in [-0.39, 0.29) is 5.97 Å². The molecule has 0 aliphatic rings. The van der Waals surface area contributed by atoms with Crippen LogP contribution in [-0.2, 0) is 29.0 Å². The topological polar surface area (TPSA) is 64.2 Å². The van der Waals surface area contributed by atoms with Crippen LogP contribution in [-0.4, -0.2) is 23.0 Å². The van der Waals surface area contributed by atoms with Gasteiger partial charge in [-0.2, -0.15) is 0 Å². The van der Waals surface area contributed by atoms with E-state index < -0.39 is 5.41 Å². The first kappa shape index (κ1) is 24.8. The lowest BCUT2D eigenvalue weighted by Crippen LogP contribution is -2.28. The van der Waals surface area contributed by atoms with E-state index in [2.05, 4.69) is 17.1 Å². The van der Waals surface area contributed by atoms with Gasteiger partial charge in [0, 0.05) is 39.5 Å². The monoisotopic (exact) mass is 512 g/mol. The number of carbonyl (C=O) groups excluding carboxylic acids is 1. The molecule has 0 saturated heterocycles. The molecule has 0 spiro atoms. The van der Waals surface area contributed by atoms with Crippen LogP contribution in [0.3, 0.4) is 0 Å². The third-order valence-electron chi connectivity index (χ3n) is 6.66. The lowest BCUT2D eigenvalue weighted by molar-refractivity contribution is -0.150. The van der Waals surface area contributed by atoms with Crippen molar-refractivity contribution in [3.63, 3.8) is 0 Å². The van der Waals surface area contributed by atoms with Crippen LogP contribution in [0.2, 0.25) is 5.02 Å². The van der Waals surface area contributed by atoms with E-state index in [9.17, 15) is 4.79 Å². The Morgan fingerprint density at radius 1 is 1.00 bits per heavy atom. The Balaban J connectivity index is 1.45. The van der Waals surface area contributed by atoms with E-state index in [0.717, 1.165) is 50.1 Å². The Morgan fingerprint density at radius 3 is 2.57 bits per heavy atom. The van der Waals surface area contributed by atoms with Crippen LogP contribution in [0.25, 0.3) is 21.8 Å². The van der Waals surface area contributed by atoms with Gasteiger partial charge in [0.05, 0.1) is 23.7 Å².